The van der Waals surface area contributed by atoms with Gasteiger partial charge in [0.15, 0.2) is 0 Å². The minimum atomic E-state index is -4.30. The molecule has 2 atom stereocenters. The molecule has 9 nitrogen and oxygen atoms in total. The Morgan fingerprint density at radius 2 is 0.685 bits per heavy atom. The van der Waals surface area contributed by atoms with Crippen molar-refractivity contribution in [3.05, 3.63) is 197 Å². The Bertz CT molecular complexity index is 2840. The van der Waals surface area contributed by atoms with Gasteiger partial charge >= 0.3 is 36.9 Å². The largest absolute Gasteiger partial charge is 1.00 e. The number of unbranched alkanes of at least 4 members (excludes halogenated alkanes) is 21. The van der Waals surface area contributed by atoms with Gasteiger partial charge < -0.3 is 23.0 Å². The summed E-state index contributed by atoms with van der Waals surface area (Å²) in [6.07, 6.45) is 34.5. The van der Waals surface area contributed by atoms with Gasteiger partial charge in [0, 0.05) is 32.6 Å². The second-order valence-corrected chi connectivity index (χ2v) is 28.5. The molecule has 0 heterocycles. The normalized spacial score (nSPS) is 12.1. The summed E-state index contributed by atoms with van der Waals surface area (Å²) >= 11 is 5.41. The van der Waals surface area contributed by atoms with Crippen molar-refractivity contribution >= 4 is 66.9 Å². The monoisotopic (exact) mass is 1300 g/mol. The van der Waals surface area contributed by atoms with Crippen LogP contribution in [0.2, 0.25) is 0 Å². The molecular weight excluding hydrogens is 1200 g/mol. The average Bonchev–Trinajstić information content (AvgIpc) is 2.09. The van der Waals surface area contributed by atoms with Gasteiger partial charge in [-0.25, -0.2) is 0 Å². The Hall–Kier alpha value is -3.65. The maximum atomic E-state index is 13.4. The standard InChI is InChI=1S/C25H35O3P.C23H31O3P.C17H25ClO.C10H15O2P.Na/c1-3-5-6-7-8-9-10-12-15-22-18-20-23(21-19-22)25(26)29(27,28-4-2)24-16-13-11-14-17-24;1-2-3-4-5-6-7-8-10-13-20-16-18-21(19-17-20)23(24)27(25,26)22-14-11-9-12-15-22;1-2-3-4-5-6-7-8-9-10-15-11-13-16(14-12-15)17(18)19;1-3-11-13(12-4-2)10-8-6-5-7-9-10;/h11,13-14,16-21H,3-10,12,15H2,1-2H3;9,11-12,14-19H,2-8,10,13H2,1H3,(H,25,26);11-14H,2-10H2,1H3;5-9H,3-4H2,1-2H3;/q;;;;+1/p-1. The van der Waals surface area contributed by atoms with Crippen molar-refractivity contribution < 1.29 is 71.5 Å². The van der Waals surface area contributed by atoms with Crippen molar-refractivity contribution in [2.75, 3.05) is 19.8 Å². The fourth-order valence-electron chi connectivity index (χ4n) is 9.93. The van der Waals surface area contributed by atoms with Gasteiger partial charge in [0.2, 0.25) is 13.9 Å². The van der Waals surface area contributed by atoms with Gasteiger partial charge in [-0.15, -0.1) is 0 Å². The van der Waals surface area contributed by atoms with Crippen molar-refractivity contribution in [1.82, 2.24) is 0 Å². The van der Waals surface area contributed by atoms with Gasteiger partial charge in [-0.3, -0.25) is 18.9 Å². The zero-order valence-electron chi connectivity index (χ0n) is 55.2. The summed E-state index contributed by atoms with van der Waals surface area (Å²) in [6, 6.07) is 49.0. The van der Waals surface area contributed by atoms with Crippen molar-refractivity contribution in [3.8, 4) is 0 Å². The second kappa shape index (κ2) is 50.9. The predicted molar refractivity (Wildman–Crippen MR) is 372 cm³/mol. The molecule has 0 aliphatic rings. The number of hydrogen-bond acceptors (Lipinski definition) is 9. The summed E-state index contributed by atoms with van der Waals surface area (Å²) in [5.41, 5.74) is 3.70. The first-order chi connectivity index (χ1) is 42.8. The van der Waals surface area contributed by atoms with Gasteiger partial charge in [0.25, 0.3) is 10.8 Å². The van der Waals surface area contributed by atoms with Crippen LogP contribution in [0.4, 0.5) is 0 Å². The van der Waals surface area contributed by atoms with E-state index in [1.54, 1.807) is 73.7 Å². The molecule has 14 heteroatoms. The molecule has 0 fully saturated rings. The third-order valence-electron chi connectivity index (χ3n) is 15.0. The molecular formula is C75H105ClNaO9P3. The second-order valence-electron chi connectivity index (χ2n) is 22.3. The van der Waals surface area contributed by atoms with Crippen LogP contribution in [0.25, 0.3) is 0 Å². The zero-order valence-corrected chi connectivity index (χ0v) is 60.6. The van der Waals surface area contributed by atoms with Crippen molar-refractivity contribution in [2.24, 2.45) is 0 Å². The van der Waals surface area contributed by atoms with Gasteiger partial charge in [-0.1, -0.05) is 283 Å². The van der Waals surface area contributed by atoms with E-state index in [0.717, 1.165) is 36.6 Å². The predicted octanol–water partition coefficient (Wildman–Crippen LogP) is 18.1. The SMILES string of the molecule is CCCCCCCCCCc1ccc(C(=O)Cl)cc1.CCCCCCCCCCc1ccc(C(=O)P(=O)(OCC)c2ccccc2)cc1.CCCCCCCCCCc1ccc(C(=O)P(=O)([O-])c2ccccc2)cc1.CCOP(OCC)c1ccccc1.[Na+]. The Balaban J connectivity index is 0.000000418. The average molecular weight is 1300 g/mol. The summed E-state index contributed by atoms with van der Waals surface area (Å²) < 4.78 is 42.3. The number of aryl methyl sites for hydroxylation is 3. The van der Waals surface area contributed by atoms with Gasteiger partial charge in [-0.05, 0) is 124 Å². The molecule has 0 aliphatic carbocycles. The molecule has 6 aromatic carbocycles. The van der Waals surface area contributed by atoms with E-state index in [-0.39, 0.29) is 52.3 Å². The van der Waals surface area contributed by atoms with Gasteiger partial charge in [-0.2, -0.15) is 0 Å². The number of halogens is 1. The van der Waals surface area contributed by atoms with Crippen LogP contribution >= 0.6 is 34.7 Å². The first kappa shape index (κ1) is 81.4. The third-order valence-corrected chi connectivity index (χ3v) is 21.1. The van der Waals surface area contributed by atoms with Crippen LogP contribution in [0.1, 0.15) is 243 Å². The van der Waals surface area contributed by atoms with Crippen LogP contribution in [0.15, 0.2) is 164 Å². The number of hydrogen-bond donors (Lipinski definition) is 0. The Labute approximate surface area is 566 Å². The molecule has 6 aromatic rings. The summed E-state index contributed by atoms with van der Waals surface area (Å²) in [4.78, 5) is 48.8. The first-order valence-electron chi connectivity index (χ1n) is 33.1. The fraction of sp³-hybridized carbons (Fsp3) is 0.480. The Morgan fingerprint density at radius 1 is 0.382 bits per heavy atom. The molecule has 0 saturated carbocycles. The minimum Gasteiger partial charge on any atom is -0.790 e. The summed E-state index contributed by atoms with van der Waals surface area (Å²) in [7, 11) is -8.74. The summed E-state index contributed by atoms with van der Waals surface area (Å²) in [5, 5.41) is 1.28. The molecule has 0 aromatic heterocycles. The van der Waals surface area contributed by atoms with E-state index in [2.05, 4.69) is 20.8 Å². The van der Waals surface area contributed by atoms with E-state index in [1.165, 1.54) is 171 Å². The van der Waals surface area contributed by atoms with Crippen LogP contribution < -0.4 is 50.4 Å². The molecule has 89 heavy (non-hydrogen) atoms. The minimum absolute atomic E-state index is 0. The number of rotatable bonds is 41. The van der Waals surface area contributed by atoms with E-state index in [0.29, 0.717) is 29.6 Å². The third kappa shape index (κ3) is 33.7. The molecule has 2 unspecified atom stereocenters. The number of benzene rings is 6. The molecule has 0 bridgehead atoms. The van der Waals surface area contributed by atoms with Crippen LogP contribution in [-0.4, -0.2) is 36.1 Å². The van der Waals surface area contributed by atoms with Gasteiger partial charge in [0.05, 0.1) is 19.8 Å². The molecule has 0 saturated heterocycles. The first-order valence-corrected chi connectivity index (χ1v) is 37.9. The molecule has 0 radical (unpaired) electrons. The molecule has 0 N–H and O–H groups in total. The fourth-order valence-corrected chi connectivity index (χ4v) is 14.5. The molecule has 0 aliphatic heterocycles. The molecule has 0 amide bonds. The van der Waals surface area contributed by atoms with Gasteiger partial charge in [0.1, 0.15) is 7.37 Å². The number of carbonyl (C=O) groups excluding carboxylic acids is 3. The number of carbonyl (C=O) groups is 3. The quantitative estimate of drug-likeness (QED) is 0.0159. The van der Waals surface area contributed by atoms with Crippen molar-refractivity contribution in [2.45, 2.75) is 215 Å². The topological polar surface area (TPSA) is 136 Å². The van der Waals surface area contributed by atoms with Crippen LogP contribution in [0.3, 0.4) is 0 Å². The molecule has 482 valence electrons. The molecule has 0 spiro atoms. The van der Waals surface area contributed by atoms with E-state index in [1.807, 2.05) is 98.8 Å². The van der Waals surface area contributed by atoms with Crippen LogP contribution in [-0.2, 0) is 42.0 Å². The van der Waals surface area contributed by atoms with Crippen molar-refractivity contribution in [1.29, 1.82) is 0 Å². The van der Waals surface area contributed by atoms with E-state index < -0.39 is 34.2 Å². The van der Waals surface area contributed by atoms with E-state index in [9.17, 15) is 28.4 Å². The molecule has 6 rings (SSSR count). The summed E-state index contributed by atoms with van der Waals surface area (Å²) in [6.45, 7) is 14.1. The van der Waals surface area contributed by atoms with E-state index >= 15 is 0 Å². The zero-order chi connectivity index (χ0) is 63.9. The van der Waals surface area contributed by atoms with Crippen molar-refractivity contribution in [3.63, 3.8) is 0 Å². The van der Waals surface area contributed by atoms with E-state index in [4.69, 9.17) is 25.2 Å². The smallest absolute Gasteiger partial charge is 0.790 e. The maximum absolute atomic E-state index is 13.4. The Kier molecular flexibility index (Phi) is 46.5. The maximum Gasteiger partial charge on any atom is 1.00 e. The Morgan fingerprint density at radius 3 is 1.01 bits per heavy atom. The summed E-state index contributed by atoms with van der Waals surface area (Å²) in [5.74, 6) is 0. The van der Waals surface area contributed by atoms with Crippen LogP contribution in [0.5, 0.6) is 0 Å². The van der Waals surface area contributed by atoms with Crippen LogP contribution in [0, 0.1) is 0 Å².